The summed E-state index contributed by atoms with van der Waals surface area (Å²) >= 11 is 0. The molecule has 0 bridgehead atoms. The molecule has 1 aliphatic rings. The molecular formula is C13H22N4. The molecule has 0 unspecified atom stereocenters. The maximum atomic E-state index is 5.67. The number of anilines is 1. The molecule has 4 nitrogen and oxygen atoms in total. The molecule has 0 amide bonds. The third-order valence-corrected chi connectivity index (χ3v) is 3.44. The van der Waals surface area contributed by atoms with E-state index in [-0.39, 0.29) is 5.54 Å². The standard InChI is InChI=1S/C13H22N4/c1-13(2,9-14)15-12-8-7-11(16-17-12)10-5-3-4-6-10/h7-8,10H,3-6,9,14H2,1-2H3,(H,15,17). The van der Waals surface area contributed by atoms with Crippen LogP contribution in [-0.2, 0) is 0 Å². The number of nitrogens with zero attached hydrogens (tertiary/aromatic N) is 2. The van der Waals surface area contributed by atoms with Crippen molar-refractivity contribution in [3.8, 4) is 0 Å². The average Bonchev–Trinajstić information content (AvgIpc) is 2.83. The van der Waals surface area contributed by atoms with Crippen LogP contribution in [-0.4, -0.2) is 22.3 Å². The van der Waals surface area contributed by atoms with Gasteiger partial charge in [0, 0.05) is 18.0 Å². The van der Waals surface area contributed by atoms with Crippen LogP contribution in [0.2, 0.25) is 0 Å². The molecular weight excluding hydrogens is 212 g/mol. The molecule has 1 aromatic heterocycles. The van der Waals surface area contributed by atoms with Crippen molar-refractivity contribution in [3.05, 3.63) is 17.8 Å². The first-order valence-electron chi connectivity index (χ1n) is 6.42. The summed E-state index contributed by atoms with van der Waals surface area (Å²) in [5.41, 5.74) is 6.68. The number of hydrogen-bond acceptors (Lipinski definition) is 4. The van der Waals surface area contributed by atoms with Crippen LogP contribution in [0, 0.1) is 0 Å². The highest BCUT2D eigenvalue weighted by Crippen LogP contribution is 2.32. The van der Waals surface area contributed by atoms with Crippen LogP contribution >= 0.6 is 0 Å². The third kappa shape index (κ3) is 3.16. The fourth-order valence-corrected chi connectivity index (χ4v) is 2.25. The first-order chi connectivity index (χ1) is 8.11. The van der Waals surface area contributed by atoms with Gasteiger partial charge in [-0.1, -0.05) is 12.8 Å². The number of nitrogens with one attached hydrogen (secondary N) is 1. The molecule has 0 saturated heterocycles. The van der Waals surface area contributed by atoms with E-state index >= 15 is 0 Å². The minimum Gasteiger partial charge on any atom is -0.362 e. The van der Waals surface area contributed by atoms with Gasteiger partial charge in [-0.05, 0) is 38.8 Å². The van der Waals surface area contributed by atoms with Crippen molar-refractivity contribution in [2.24, 2.45) is 5.73 Å². The molecule has 2 rings (SSSR count). The summed E-state index contributed by atoms with van der Waals surface area (Å²) in [4.78, 5) is 0. The SMILES string of the molecule is CC(C)(CN)Nc1ccc(C2CCCC2)nn1. The summed E-state index contributed by atoms with van der Waals surface area (Å²) in [5.74, 6) is 1.43. The van der Waals surface area contributed by atoms with Crippen molar-refractivity contribution in [1.29, 1.82) is 0 Å². The van der Waals surface area contributed by atoms with E-state index in [1.165, 1.54) is 25.7 Å². The van der Waals surface area contributed by atoms with Gasteiger partial charge in [0.1, 0.15) is 5.82 Å². The van der Waals surface area contributed by atoms with Gasteiger partial charge in [-0.3, -0.25) is 0 Å². The molecule has 0 atom stereocenters. The molecule has 0 radical (unpaired) electrons. The molecule has 1 aromatic rings. The van der Waals surface area contributed by atoms with Gasteiger partial charge in [0.2, 0.25) is 0 Å². The lowest BCUT2D eigenvalue weighted by Crippen LogP contribution is -2.39. The van der Waals surface area contributed by atoms with Crippen LogP contribution < -0.4 is 11.1 Å². The summed E-state index contributed by atoms with van der Waals surface area (Å²) in [6.07, 6.45) is 5.17. The normalized spacial score (nSPS) is 17.4. The van der Waals surface area contributed by atoms with Crippen LogP contribution in [0.15, 0.2) is 12.1 Å². The lowest BCUT2D eigenvalue weighted by molar-refractivity contribution is 0.574. The lowest BCUT2D eigenvalue weighted by Gasteiger charge is -2.24. The van der Waals surface area contributed by atoms with E-state index < -0.39 is 0 Å². The van der Waals surface area contributed by atoms with Crippen molar-refractivity contribution in [2.75, 3.05) is 11.9 Å². The summed E-state index contributed by atoms with van der Waals surface area (Å²) in [7, 11) is 0. The summed E-state index contributed by atoms with van der Waals surface area (Å²) in [6.45, 7) is 4.68. The number of hydrogen-bond donors (Lipinski definition) is 2. The summed E-state index contributed by atoms with van der Waals surface area (Å²) < 4.78 is 0. The van der Waals surface area contributed by atoms with Gasteiger partial charge >= 0.3 is 0 Å². The number of rotatable bonds is 4. The highest BCUT2D eigenvalue weighted by molar-refractivity contribution is 5.36. The van der Waals surface area contributed by atoms with Gasteiger partial charge in [-0.25, -0.2) is 0 Å². The van der Waals surface area contributed by atoms with Crippen LogP contribution in [0.5, 0.6) is 0 Å². The average molecular weight is 234 g/mol. The Morgan fingerprint density at radius 1 is 1.29 bits per heavy atom. The Hall–Kier alpha value is -1.16. The molecule has 3 N–H and O–H groups in total. The van der Waals surface area contributed by atoms with Gasteiger partial charge in [0.05, 0.1) is 5.69 Å². The zero-order valence-corrected chi connectivity index (χ0v) is 10.7. The maximum Gasteiger partial charge on any atom is 0.149 e. The van der Waals surface area contributed by atoms with Crippen molar-refractivity contribution in [3.63, 3.8) is 0 Å². The molecule has 1 saturated carbocycles. The second-order valence-corrected chi connectivity index (χ2v) is 5.54. The number of aromatic nitrogens is 2. The fraction of sp³-hybridized carbons (Fsp3) is 0.692. The van der Waals surface area contributed by atoms with Crippen molar-refractivity contribution in [2.45, 2.75) is 51.0 Å². The Morgan fingerprint density at radius 2 is 2.00 bits per heavy atom. The highest BCUT2D eigenvalue weighted by atomic mass is 15.2. The Balaban J connectivity index is 2.02. The van der Waals surface area contributed by atoms with Crippen LogP contribution in [0.1, 0.15) is 51.1 Å². The van der Waals surface area contributed by atoms with Crippen LogP contribution in [0.3, 0.4) is 0 Å². The third-order valence-electron chi connectivity index (χ3n) is 3.44. The van der Waals surface area contributed by atoms with Gasteiger partial charge in [-0.2, -0.15) is 5.10 Å². The zero-order chi connectivity index (χ0) is 12.3. The molecule has 94 valence electrons. The molecule has 1 aliphatic carbocycles. The molecule has 1 heterocycles. The zero-order valence-electron chi connectivity index (χ0n) is 10.7. The minimum absolute atomic E-state index is 0.135. The van der Waals surface area contributed by atoms with Gasteiger partial charge in [0.25, 0.3) is 0 Å². The van der Waals surface area contributed by atoms with E-state index in [4.69, 9.17) is 5.73 Å². The van der Waals surface area contributed by atoms with Crippen LogP contribution in [0.4, 0.5) is 5.82 Å². The van der Waals surface area contributed by atoms with E-state index in [2.05, 4.69) is 35.4 Å². The molecule has 0 spiro atoms. The van der Waals surface area contributed by atoms with Gasteiger partial charge in [0.15, 0.2) is 0 Å². The molecule has 0 aliphatic heterocycles. The predicted octanol–water partition coefficient (Wildman–Crippen LogP) is 2.28. The summed E-state index contributed by atoms with van der Waals surface area (Å²) in [5, 5.41) is 11.9. The Kier molecular flexibility index (Phi) is 3.62. The first-order valence-corrected chi connectivity index (χ1v) is 6.42. The molecule has 4 heteroatoms. The van der Waals surface area contributed by atoms with E-state index in [0.717, 1.165) is 11.5 Å². The maximum absolute atomic E-state index is 5.67. The quantitative estimate of drug-likeness (QED) is 0.839. The topological polar surface area (TPSA) is 63.8 Å². The highest BCUT2D eigenvalue weighted by Gasteiger charge is 2.19. The Labute approximate surface area is 103 Å². The Bertz CT molecular complexity index is 352. The van der Waals surface area contributed by atoms with Crippen LogP contribution in [0.25, 0.3) is 0 Å². The van der Waals surface area contributed by atoms with Crippen molar-refractivity contribution < 1.29 is 0 Å². The monoisotopic (exact) mass is 234 g/mol. The largest absolute Gasteiger partial charge is 0.362 e. The second-order valence-electron chi connectivity index (χ2n) is 5.54. The van der Waals surface area contributed by atoms with E-state index in [1.54, 1.807) is 0 Å². The van der Waals surface area contributed by atoms with Gasteiger partial charge < -0.3 is 11.1 Å². The van der Waals surface area contributed by atoms with Crippen molar-refractivity contribution in [1.82, 2.24) is 10.2 Å². The minimum atomic E-state index is -0.135. The van der Waals surface area contributed by atoms with E-state index in [0.29, 0.717) is 12.5 Å². The van der Waals surface area contributed by atoms with Crippen molar-refractivity contribution >= 4 is 5.82 Å². The molecule has 17 heavy (non-hydrogen) atoms. The number of nitrogens with two attached hydrogens (primary N) is 1. The molecule has 0 aromatic carbocycles. The van der Waals surface area contributed by atoms with Gasteiger partial charge in [-0.15, -0.1) is 5.10 Å². The first kappa shape index (κ1) is 12.3. The predicted molar refractivity (Wildman–Crippen MR) is 70.0 cm³/mol. The summed E-state index contributed by atoms with van der Waals surface area (Å²) in [6, 6.07) is 4.11. The van der Waals surface area contributed by atoms with E-state index in [1.807, 2.05) is 6.07 Å². The molecule has 1 fully saturated rings. The smallest absolute Gasteiger partial charge is 0.149 e. The fourth-order valence-electron chi connectivity index (χ4n) is 2.25. The lowest BCUT2D eigenvalue weighted by atomic mass is 10.0. The Morgan fingerprint density at radius 3 is 2.53 bits per heavy atom. The second kappa shape index (κ2) is 5.00. The van der Waals surface area contributed by atoms with E-state index in [9.17, 15) is 0 Å².